The maximum absolute atomic E-state index is 11.2. The molecule has 2 N–H and O–H groups in total. The average Bonchev–Trinajstić information content (AvgIpc) is 2.73. The summed E-state index contributed by atoms with van der Waals surface area (Å²) in [4.78, 5) is 22.7. The predicted octanol–water partition coefficient (Wildman–Crippen LogP) is 4.10. The summed E-state index contributed by atoms with van der Waals surface area (Å²) >= 11 is 0. The van der Waals surface area contributed by atoms with Gasteiger partial charge in [-0.05, 0) is 38.0 Å². The molecule has 1 aliphatic heterocycles. The van der Waals surface area contributed by atoms with E-state index in [1.165, 1.54) is 0 Å². The number of carbonyl (C=O) groups excluding carboxylic acids is 2. The molecule has 1 unspecified atom stereocenters. The molecule has 0 radical (unpaired) electrons. The highest BCUT2D eigenvalue weighted by molar-refractivity contribution is 5.78. The standard InChI is InChI=1S/C9H18N2O.C5H10O2.C4H10.C2H6/c1-7-5-11(8(12)4-10)6-9(7,2)3;1-5(2,3)7-4-6;1-4(2)3;1-2/h7H,4-6,10H2,1-3H3;4H,1-3H3;4H,1-3H3;1-2H3. The molecule has 0 aromatic heterocycles. The third-order valence-electron chi connectivity index (χ3n) is 3.36. The lowest BCUT2D eigenvalue weighted by molar-refractivity contribution is -0.138. The number of nitrogens with two attached hydrogens (primary N) is 1. The van der Waals surface area contributed by atoms with Gasteiger partial charge < -0.3 is 15.4 Å². The van der Waals surface area contributed by atoms with Gasteiger partial charge in [0.1, 0.15) is 5.60 Å². The van der Waals surface area contributed by atoms with E-state index >= 15 is 0 Å². The third-order valence-corrected chi connectivity index (χ3v) is 3.36. The van der Waals surface area contributed by atoms with Crippen molar-refractivity contribution < 1.29 is 14.3 Å². The summed E-state index contributed by atoms with van der Waals surface area (Å²) in [7, 11) is 0. The van der Waals surface area contributed by atoms with Crippen LogP contribution in [0.15, 0.2) is 0 Å². The molecule has 1 heterocycles. The quantitative estimate of drug-likeness (QED) is 0.753. The molecule has 0 saturated carbocycles. The molecule has 0 aromatic carbocycles. The van der Waals surface area contributed by atoms with Crippen molar-refractivity contribution in [3.63, 3.8) is 0 Å². The van der Waals surface area contributed by atoms with Crippen molar-refractivity contribution in [1.82, 2.24) is 4.90 Å². The molecule has 1 fully saturated rings. The van der Waals surface area contributed by atoms with Gasteiger partial charge >= 0.3 is 0 Å². The molecule has 1 rings (SSSR count). The Kier molecular flexibility index (Phi) is 16.2. The highest BCUT2D eigenvalue weighted by Gasteiger charge is 2.37. The minimum absolute atomic E-state index is 0.0763. The smallest absolute Gasteiger partial charge is 0.293 e. The van der Waals surface area contributed by atoms with Crippen molar-refractivity contribution in [3.05, 3.63) is 0 Å². The number of ether oxygens (including phenoxy) is 1. The van der Waals surface area contributed by atoms with Gasteiger partial charge in [0.15, 0.2) is 0 Å². The minimum Gasteiger partial charge on any atom is -0.462 e. The van der Waals surface area contributed by atoms with Gasteiger partial charge in [0, 0.05) is 13.1 Å². The number of amides is 1. The molecule has 0 aliphatic carbocycles. The predicted molar refractivity (Wildman–Crippen MR) is 107 cm³/mol. The lowest BCUT2D eigenvalue weighted by atomic mass is 9.84. The average molecular weight is 361 g/mol. The topological polar surface area (TPSA) is 72.6 Å². The van der Waals surface area contributed by atoms with Crippen LogP contribution in [0.3, 0.4) is 0 Å². The molecule has 0 spiro atoms. The van der Waals surface area contributed by atoms with Crippen LogP contribution in [0.25, 0.3) is 0 Å². The molecule has 25 heavy (non-hydrogen) atoms. The highest BCUT2D eigenvalue weighted by atomic mass is 16.5. The number of likely N-dealkylation sites (tertiary alicyclic amines) is 1. The van der Waals surface area contributed by atoms with Crippen LogP contribution in [-0.4, -0.2) is 42.5 Å². The number of nitrogens with zero attached hydrogens (tertiary/aromatic N) is 1. The van der Waals surface area contributed by atoms with Crippen molar-refractivity contribution in [2.75, 3.05) is 19.6 Å². The number of hydrogen-bond acceptors (Lipinski definition) is 4. The lowest BCUT2D eigenvalue weighted by Crippen LogP contribution is -2.35. The molecule has 1 atom stereocenters. The number of carbonyl (C=O) groups is 2. The maximum Gasteiger partial charge on any atom is 0.293 e. The number of rotatable bonds is 2. The van der Waals surface area contributed by atoms with Gasteiger partial charge in [-0.25, -0.2) is 0 Å². The second kappa shape index (κ2) is 14.1. The van der Waals surface area contributed by atoms with Crippen molar-refractivity contribution in [2.24, 2.45) is 23.0 Å². The van der Waals surface area contributed by atoms with Crippen LogP contribution >= 0.6 is 0 Å². The van der Waals surface area contributed by atoms with E-state index in [1.807, 2.05) is 39.5 Å². The number of hydrogen-bond donors (Lipinski definition) is 1. The fourth-order valence-electron chi connectivity index (χ4n) is 1.75. The van der Waals surface area contributed by atoms with Crippen molar-refractivity contribution in [2.45, 2.75) is 81.8 Å². The summed E-state index contributed by atoms with van der Waals surface area (Å²) in [5.41, 5.74) is 5.23. The Morgan fingerprint density at radius 1 is 1.28 bits per heavy atom. The third kappa shape index (κ3) is 17.5. The summed E-state index contributed by atoms with van der Waals surface area (Å²) in [6.07, 6.45) is 0. The summed E-state index contributed by atoms with van der Waals surface area (Å²) in [5, 5.41) is 0. The van der Waals surface area contributed by atoms with E-state index in [0.717, 1.165) is 19.0 Å². The second-order valence-electron chi connectivity index (χ2n) is 8.43. The molecule has 1 saturated heterocycles. The van der Waals surface area contributed by atoms with E-state index in [1.54, 1.807) is 0 Å². The van der Waals surface area contributed by atoms with E-state index in [9.17, 15) is 9.59 Å². The Hall–Kier alpha value is -1.10. The first-order valence-corrected chi connectivity index (χ1v) is 9.36. The highest BCUT2D eigenvalue weighted by Crippen LogP contribution is 2.34. The Morgan fingerprint density at radius 2 is 1.68 bits per heavy atom. The molecular formula is C20H44N2O3. The van der Waals surface area contributed by atoms with Crippen LogP contribution in [0.1, 0.15) is 76.2 Å². The van der Waals surface area contributed by atoms with Crippen LogP contribution in [0.5, 0.6) is 0 Å². The molecule has 1 amide bonds. The zero-order valence-electron chi connectivity index (χ0n) is 18.6. The van der Waals surface area contributed by atoms with Crippen LogP contribution in [0, 0.1) is 17.3 Å². The maximum atomic E-state index is 11.2. The minimum atomic E-state index is -0.318. The van der Waals surface area contributed by atoms with E-state index in [4.69, 9.17) is 5.73 Å². The zero-order chi connectivity index (χ0) is 20.8. The van der Waals surface area contributed by atoms with Gasteiger partial charge in [0.05, 0.1) is 6.54 Å². The molecule has 0 aromatic rings. The fourth-order valence-corrected chi connectivity index (χ4v) is 1.75. The van der Waals surface area contributed by atoms with Crippen LogP contribution in [-0.2, 0) is 14.3 Å². The van der Waals surface area contributed by atoms with Gasteiger partial charge in [0.2, 0.25) is 5.91 Å². The Balaban J connectivity index is -0.000000317. The SMILES string of the molecule is CC.CC(C)(C)OC=O.CC(C)C.CC1CN(C(=O)CN)CC1(C)C. The van der Waals surface area contributed by atoms with Crippen LogP contribution < -0.4 is 5.73 Å². The monoisotopic (exact) mass is 360 g/mol. The normalized spacial score (nSPS) is 18.0. The van der Waals surface area contributed by atoms with E-state index in [2.05, 4.69) is 46.3 Å². The Labute approximate surface area is 156 Å². The second-order valence-corrected chi connectivity index (χ2v) is 8.43. The molecule has 0 bridgehead atoms. The van der Waals surface area contributed by atoms with Crippen LogP contribution in [0.2, 0.25) is 0 Å². The van der Waals surface area contributed by atoms with Gasteiger partial charge in [-0.2, -0.15) is 0 Å². The first-order chi connectivity index (χ1) is 11.3. The van der Waals surface area contributed by atoms with Crippen molar-refractivity contribution in [3.8, 4) is 0 Å². The Bertz CT molecular complexity index is 345. The molecule has 5 nitrogen and oxygen atoms in total. The summed E-state index contributed by atoms with van der Waals surface area (Å²) in [5.74, 6) is 1.49. The summed E-state index contributed by atoms with van der Waals surface area (Å²) < 4.78 is 4.55. The van der Waals surface area contributed by atoms with Crippen molar-refractivity contribution in [1.29, 1.82) is 0 Å². The Morgan fingerprint density at radius 3 is 1.84 bits per heavy atom. The van der Waals surface area contributed by atoms with Crippen molar-refractivity contribution >= 4 is 12.4 Å². The van der Waals surface area contributed by atoms with E-state index in [-0.39, 0.29) is 23.5 Å². The first-order valence-electron chi connectivity index (χ1n) is 9.36. The molecule has 1 aliphatic rings. The molecule has 5 heteroatoms. The van der Waals surface area contributed by atoms with E-state index in [0.29, 0.717) is 12.4 Å². The van der Waals surface area contributed by atoms with Gasteiger partial charge in [-0.3, -0.25) is 9.59 Å². The summed E-state index contributed by atoms with van der Waals surface area (Å²) in [6, 6.07) is 0. The largest absolute Gasteiger partial charge is 0.462 e. The van der Waals surface area contributed by atoms with E-state index < -0.39 is 0 Å². The summed E-state index contributed by atoms with van der Waals surface area (Å²) in [6.45, 7) is 24.9. The zero-order valence-corrected chi connectivity index (χ0v) is 18.6. The lowest BCUT2D eigenvalue weighted by Gasteiger charge is -2.21. The molecular weight excluding hydrogens is 316 g/mol. The first kappa shape index (κ1) is 28.7. The van der Waals surface area contributed by atoms with Gasteiger partial charge in [-0.1, -0.05) is 55.4 Å². The van der Waals surface area contributed by atoms with Gasteiger partial charge in [0.25, 0.3) is 6.47 Å². The van der Waals surface area contributed by atoms with Crippen LogP contribution in [0.4, 0.5) is 0 Å². The molecule has 152 valence electrons. The van der Waals surface area contributed by atoms with Gasteiger partial charge in [-0.15, -0.1) is 0 Å². The fraction of sp³-hybridized carbons (Fsp3) is 0.900.